The fraction of sp³-hybridized carbons (Fsp3) is 0. The van der Waals surface area contributed by atoms with E-state index >= 15 is 0 Å². The van der Waals surface area contributed by atoms with Crippen LogP contribution in [-0.4, -0.2) is 9.13 Å². The van der Waals surface area contributed by atoms with E-state index in [-0.39, 0.29) is 0 Å². The van der Waals surface area contributed by atoms with Gasteiger partial charge in [-0.3, -0.25) is 0 Å². The second-order valence-corrected chi connectivity index (χ2v) is 15.2. The molecule has 10 aromatic carbocycles. The van der Waals surface area contributed by atoms with Gasteiger partial charge in [-0.2, -0.15) is 0 Å². The SMILES string of the molecule is c1ccc(-n2c3ccccc3c3cc(-c4ccc5c(c4)c4c(n5-c5ccc6c7ccccc7c7ccccc7c6c5)-c5cccc6cccc-4c56)ccc32)cc1. The molecule has 0 amide bonds. The molecule has 0 N–H and O–H groups in total. The van der Waals surface area contributed by atoms with Crippen molar-refractivity contribution in [3.63, 3.8) is 0 Å². The molecule has 2 nitrogen and oxygen atoms in total. The molecular weight excluding hydrogens is 677 g/mol. The second kappa shape index (κ2) is 11.1. The summed E-state index contributed by atoms with van der Waals surface area (Å²) in [7, 11) is 0. The van der Waals surface area contributed by atoms with E-state index in [1.54, 1.807) is 0 Å². The van der Waals surface area contributed by atoms with Crippen LogP contribution in [0.3, 0.4) is 0 Å². The summed E-state index contributed by atoms with van der Waals surface area (Å²) in [5.41, 5.74) is 13.6. The molecule has 0 aliphatic heterocycles. The summed E-state index contributed by atoms with van der Waals surface area (Å²) in [6, 6.07) is 72.0. The first-order valence-corrected chi connectivity index (χ1v) is 19.4. The van der Waals surface area contributed by atoms with Crippen molar-refractivity contribution in [3.05, 3.63) is 194 Å². The standard InChI is InChI=1S/C54H32N2/c1-2-14-36(15-3-1)55-49-23-9-8-20-43(49)47-30-34(24-28-50(47)55)35-25-29-51-48(31-35)53-44-21-10-12-33-13-11-22-45(52(33)44)54(53)56(51)37-26-27-42-40-18-5-4-16-38(40)39-17-6-7-19-41(39)46(42)32-37/h1-32H. The van der Waals surface area contributed by atoms with Gasteiger partial charge in [0, 0.05) is 38.7 Å². The molecule has 12 aromatic rings. The Kier molecular flexibility index (Phi) is 5.92. The molecule has 0 saturated heterocycles. The molecule has 0 saturated carbocycles. The second-order valence-electron chi connectivity index (χ2n) is 15.2. The lowest BCUT2D eigenvalue weighted by Gasteiger charge is -2.15. The van der Waals surface area contributed by atoms with Crippen LogP contribution in [0.5, 0.6) is 0 Å². The summed E-state index contributed by atoms with van der Waals surface area (Å²) in [4.78, 5) is 0. The molecule has 56 heavy (non-hydrogen) atoms. The van der Waals surface area contributed by atoms with Gasteiger partial charge in [-0.05, 0) is 114 Å². The van der Waals surface area contributed by atoms with Gasteiger partial charge in [0.2, 0.25) is 0 Å². The van der Waals surface area contributed by atoms with Crippen LogP contribution in [0.2, 0.25) is 0 Å². The Morgan fingerprint density at radius 1 is 0.286 bits per heavy atom. The highest BCUT2D eigenvalue weighted by Gasteiger charge is 2.30. The van der Waals surface area contributed by atoms with Gasteiger partial charge in [-0.1, -0.05) is 140 Å². The minimum atomic E-state index is 1.17. The van der Waals surface area contributed by atoms with Crippen LogP contribution in [0.15, 0.2) is 194 Å². The number of fused-ring (bicyclic) bond motifs is 14. The lowest BCUT2D eigenvalue weighted by Crippen LogP contribution is -1.97. The lowest BCUT2D eigenvalue weighted by molar-refractivity contribution is 1.15. The monoisotopic (exact) mass is 708 g/mol. The highest BCUT2D eigenvalue weighted by atomic mass is 15.0. The zero-order valence-electron chi connectivity index (χ0n) is 30.4. The van der Waals surface area contributed by atoms with Crippen LogP contribution in [0.25, 0.3) is 121 Å². The summed E-state index contributed by atoms with van der Waals surface area (Å²) in [5.74, 6) is 0. The van der Waals surface area contributed by atoms with Crippen molar-refractivity contribution >= 4 is 75.8 Å². The van der Waals surface area contributed by atoms with Crippen LogP contribution in [-0.2, 0) is 0 Å². The smallest absolute Gasteiger partial charge is 0.0626 e. The van der Waals surface area contributed by atoms with E-state index in [0.29, 0.717) is 0 Å². The van der Waals surface area contributed by atoms with Crippen LogP contribution in [0, 0.1) is 0 Å². The fourth-order valence-electron chi connectivity index (χ4n) is 10.1. The van der Waals surface area contributed by atoms with Crippen LogP contribution >= 0.6 is 0 Å². The van der Waals surface area contributed by atoms with Crippen molar-refractivity contribution in [3.8, 4) is 44.9 Å². The molecule has 0 spiro atoms. The van der Waals surface area contributed by atoms with Gasteiger partial charge in [-0.25, -0.2) is 0 Å². The molecule has 0 bridgehead atoms. The van der Waals surface area contributed by atoms with Crippen LogP contribution in [0.1, 0.15) is 0 Å². The Morgan fingerprint density at radius 3 is 1.55 bits per heavy atom. The third-order valence-corrected chi connectivity index (χ3v) is 12.4. The lowest BCUT2D eigenvalue weighted by atomic mass is 9.94. The average molecular weight is 709 g/mol. The minimum absolute atomic E-state index is 1.17. The molecule has 0 unspecified atom stereocenters. The first kappa shape index (κ1) is 30.0. The van der Waals surface area contributed by atoms with E-state index in [1.807, 2.05) is 0 Å². The van der Waals surface area contributed by atoms with Gasteiger partial charge in [0.15, 0.2) is 0 Å². The largest absolute Gasteiger partial charge is 0.309 e. The van der Waals surface area contributed by atoms with E-state index in [1.165, 1.54) is 121 Å². The number of aromatic nitrogens is 2. The molecule has 2 aromatic heterocycles. The number of nitrogens with zero attached hydrogens (tertiary/aromatic N) is 2. The van der Waals surface area contributed by atoms with E-state index in [2.05, 4.69) is 203 Å². The highest BCUT2D eigenvalue weighted by molar-refractivity contribution is 6.26. The van der Waals surface area contributed by atoms with Gasteiger partial charge in [0.1, 0.15) is 0 Å². The molecule has 0 radical (unpaired) electrons. The minimum Gasteiger partial charge on any atom is -0.309 e. The zero-order chi connectivity index (χ0) is 36.5. The third-order valence-electron chi connectivity index (χ3n) is 12.4. The summed E-state index contributed by atoms with van der Waals surface area (Å²) in [5, 5.41) is 14.2. The van der Waals surface area contributed by atoms with Crippen molar-refractivity contribution in [2.24, 2.45) is 0 Å². The Labute approximate surface area is 322 Å². The number of benzene rings is 10. The maximum absolute atomic E-state index is 2.53. The quantitative estimate of drug-likeness (QED) is 0.162. The van der Waals surface area contributed by atoms with Gasteiger partial charge < -0.3 is 9.13 Å². The highest BCUT2D eigenvalue weighted by Crippen LogP contribution is 2.53. The summed E-state index contributed by atoms with van der Waals surface area (Å²) in [6.45, 7) is 0. The van der Waals surface area contributed by atoms with E-state index in [4.69, 9.17) is 0 Å². The molecule has 258 valence electrons. The van der Waals surface area contributed by atoms with E-state index in [9.17, 15) is 0 Å². The van der Waals surface area contributed by atoms with Crippen molar-refractivity contribution in [1.29, 1.82) is 0 Å². The number of hydrogen-bond acceptors (Lipinski definition) is 0. The normalized spacial score (nSPS) is 12.3. The Bertz CT molecular complexity index is 3600. The van der Waals surface area contributed by atoms with Gasteiger partial charge in [0.25, 0.3) is 0 Å². The average Bonchev–Trinajstić information content (AvgIpc) is 3.90. The molecule has 0 atom stereocenters. The topological polar surface area (TPSA) is 9.86 Å². The van der Waals surface area contributed by atoms with Gasteiger partial charge >= 0.3 is 0 Å². The first-order valence-electron chi connectivity index (χ1n) is 19.4. The van der Waals surface area contributed by atoms with Crippen molar-refractivity contribution in [2.75, 3.05) is 0 Å². The molecule has 0 fully saturated rings. The predicted octanol–water partition coefficient (Wildman–Crippen LogP) is 14.7. The van der Waals surface area contributed by atoms with Gasteiger partial charge in [-0.15, -0.1) is 0 Å². The number of rotatable bonds is 3. The van der Waals surface area contributed by atoms with Crippen LogP contribution < -0.4 is 0 Å². The summed E-state index contributed by atoms with van der Waals surface area (Å²) < 4.78 is 4.92. The van der Waals surface area contributed by atoms with Crippen molar-refractivity contribution < 1.29 is 0 Å². The molecule has 2 heteroatoms. The third kappa shape index (κ3) is 3.95. The maximum Gasteiger partial charge on any atom is 0.0626 e. The molecular formula is C54H32N2. The van der Waals surface area contributed by atoms with E-state index in [0.717, 1.165) is 0 Å². The summed E-state index contributed by atoms with van der Waals surface area (Å²) >= 11 is 0. The molecule has 1 aliphatic rings. The zero-order valence-corrected chi connectivity index (χ0v) is 30.4. The Morgan fingerprint density at radius 2 is 0.839 bits per heavy atom. The molecule has 2 heterocycles. The van der Waals surface area contributed by atoms with Gasteiger partial charge in [0.05, 0.1) is 22.2 Å². The Hall–Kier alpha value is -7.42. The predicted molar refractivity (Wildman–Crippen MR) is 238 cm³/mol. The van der Waals surface area contributed by atoms with Crippen molar-refractivity contribution in [2.45, 2.75) is 0 Å². The first-order chi connectivity index (χ1) is 27.8. The summed E-state index contributed by atoms with van der Waals surface area (Å²) in [6.07, 6.45) is 0. The van der Waals surface area contributed by atoms with Crippen molar-refractivity contribution in [1.82, 2.24) is 9.13 Å². The fourth-order valence-corrected chi connectivity index (χ4v) is 10.1. The van der Waals surface area contributed by atoms with E-state index < -0.39 is 0 Å². The molecule has 1 aliphatic carbocycles. The number of para-hydroxylation sites is 2. The Balaban J connectivity index is 1.08. The van der Waals surface area contributed by atoms with Crippen LogP contribution in [0.4, 0.5) is 0 Å². The maximum atomic E-state index is 2.53. The number of hydrogen-bond donors (Lipinski definition) is 0. The molecule has 13 rings (SSSR count).